The molecule has 0 amide bonds. The van der Waals surface area contributed by atoms with Crippen LogP contribution in [0.3, 0.4) is 0 Å². The summed E-state index contributed by atoms with van der Waals surface area (Å²) in [6.45, 7) is 2.75. The monoisotopic (exact) mass is 327 g/mol. The molecular formula is C12H16F3NO2S2. The Hall–Kier alpha value is -0.890. The Morgan fingerprint density at radius 1 is 1.25 bits per heavy atom. The molecule has 0 fully saturated rings. The maximum atomic E-state index is 12.3. The fourth-order valence-electron chi connectivity index (χ4n) is 1.42. The smallest absolute Gasteiger partial charge is 0.385 e. The topological polar surface area (TPSA) is 46.2 Å². The molecule has 1 aromatic rings. The molecule has 1 N–H and O–H groups in total. The number of thioether (sulfide) groups is 1. The molecule has 1 atom stereocenters. The average molecular weight is 327 g/mol. The average Bonchev–Trinajstić information content (AvgIpc) is 2.37. The Morgan fingerprint density at radius 2 is 1.80 bits per heavy atom. The van der Waals surface area contributed by atoms with Gasteiger partial charge in [0.25, 0.3) is 9.84 Å². The Kier molecular flexibility index (Phi) is 5.76. The highest BCUT2D eigenvalue weighted by atomic mass is 32.2. The lowest BCUT2D eigenvalue weighted by atomic mass is 10.3. The third-order valence-electron chi connectivity index (χ3n) is 2.75. The second-order valence-corrected chi connectivity index (χ2v) is 7.45. The maximum Gasteiger partial charge on any atom is 0.501 e. The van der Waals surface area contributed by atoms with Gasteiger partial charge < -0.3 is 5.32 Å². The summed E-state index contributed by atoms with van der Waals surface area (Å²) in [7, 11) is -5.26. The van der Waals surface area contributed by atoms with Crippen molar-refractivity contribution in [2.45, 2.75) is 29.0 Å². The Balaban J connectivity index is 2.71. The lowest BCUT2D eigenvalue weighted by Crippen LogP contribution is -2.23. The van der Waals surface area contributed by atoms with Gasteiger partial charge in [-0.3, -0.25) is 0 Å². The van der Waals surface area contributed by atoms with Crippen LogP contribution in [-0.4, -0.2) is 32.0 Å². The number of nitrogens with one attached hydrogen (secondary N) is 1. The summed E-state index contributed by atoms with van der Waals surface area (Å²) in [5, 5.41) is 3.52. The van der Waals surface area contributed by atoms with Crippen molar-refractivity contribution >= 4 is 27.3 Å². The molecule has 0 aliphatic rings. The highest BCUT2D eigenvalue weighted by Gasteiger charge is 2.46. The van der Waals surface area contributed by atoms with E-state index in [1.807, 2.05) is 6.26 Å². The SMILES string of the molecule is CSC(C)CCNc1ccc(S(=O)(=O)C(F)(F)F)cc1. The predicted molar refractivity (Wildman–Crippen MR) is 75.8 cm³/mol. The molecule has 20 heavy (non-hydrogen) atoms. The Morgan fingerprint density at radius 3 is 2.25 bits per heavy atom. The highest BCUT2D eigenvalue weighted by Crippen LogP contribution is 2.30. The quantitative estimate of drug-likeness (QED) is 0.868. The van der Waals surface area contributed by atoms with Crippen LogP contribution in [0.5, 0.6) is 0 Å². The molecule has 0 spiro atoms. The molecule has 8 heteroatoms. The maximum absolute atomic E-state index is 12.3. The molecular weight excluding hydrogens is 311 g/mol. The van der Waals surface area contributed by atoms with Crippen LogP contribution < -0.4 is 5.32 Å². The summed E-state index contributed by atoms with van der Waals surface area (Å²) in [5.74, 6) is 0. The first-order valence-electron chi connectivity index (χ1n) is 5.86. The van der Waals surface area contributed by atoms with E-state index in [1.165, 1.54) is 12.1 Å². The van der Waals surface area contributed by atoms with Crippen LogP contribution in [0.4, 0.5) is 18.9 Å². The molecule has 3 nitrogen and oxygen atoms in total. The summed E-state index contributed by atoms with van der Waals surface area (Å²) in [6, 6.07) is 4.59. The number of sulfone groups is 1. The normalized spacial score (nSPS) is 14.1. The number of anilines is 1. The van der Waals surface area contributed by atoms with Crippen LogP contribution in [0, 0.1) is 0 Å². The highest BCUT2D eigenvalue weighted by molar-refractivity contribution is 7.99. The van der Waals surface area contributed by atoms with Crippen molar-refractivity contribution in [3.63, 3.8) is 0 Å². The van der Waals surface area contributed by atoms with Crippen LogP contribution >= 0.6 is 11.8 Å². The van der Waals surface area contributed by atoms with Gasteiger partial charge in [-0.25, -0.2) is 8.42 Å². The van der Waals surface area contributed by atoms with Crippen LogP contribution in [0.2, 0.25) is 0 Å². The Bertz CT molecular complexity index is 527. The zero-order valence-electron chi connectivity index (χ0n) is 11.1. The second-order valence-electron chi connectivity index (χ2n) is 4.24. The van der Waals surface area contributed by atoms with Gasteiger partial charge in [-0.1, -0.05) is 6.92 Å². The van der Waals surface area contributed by atoms with Gasteiger partial charge >= 0.3 is 5.51 Å². The van der Waals surface area contributed by atoms with Gasteiger partial charge in [-0.05, 0) is 36.9 Å². The van der Waals surface area contributed by atoms with Gasteiger partial charge in [0.1, 0.15) is 0 Å². The molecule has 1 aromatic carbocycles. The molecule has 0 saturated heterocycles. The van der Waals surface area contributed by atoms with Crippen LogP contribution in [0.1, 0.15) is 13.3 Å². The van der Waals surface area contributed by atoms with E-state index in [9.17, 15) is 21.6 Å². The molecule has 0 radical (unpaired) electrons. The number of halogens is 3. The van der Waals surface area contributed by atoms with E-state index in [1.54, 1.807) is 11.8 Å². The van der Waals surface area contributed by atoms with Crippen molar-refractivity contribution in [1.29, 1.82) is 0 Å². The number of hydrogen-bond donors (Lipinski definition) is 1. The number of hydrogen-bond acceptors (Lipinski definition) is 4. The second kappa shape index (κ2) is 6.71. The van der Waals surface area contributed by atoms with Crippen molar-refractivity contribution < 1.29 is 21.6 Å². The third-order valence-corrected chi connectivity index (χ3v) is 5.29. The van der Waals surface area contributed by atoms with Crippen molar-refractivity contribution in [3.8, 4) is 0 Å². The minimum absolute atomic E-state index is 0.479. The molecule has 114 valence electrons. The Labute approximate surface area is 120 Å². The molecule has 0 bridgehead atoms. The van der Waals surface area contributed by atoms with Gasteiger partial charge in [-0.2, -0.15) is 24.9 Å². The summed E-state index contributed by atoms with van der Waals surface area (Å²) in [6.07, 6.45) is 2.91. The minimum Gasteiger partial charge on any atom is -0.385 e. The summed E-state index contributed by atoms with van der Waals surface area (Å²) >= 11 is 1.72. The standard InChI is InChI=1S/C12H16F3NO2S2/c1-9(19-2)7-8-16-10-3-5-11(6-4-10)20(17,18)12(13,14)15/h3-6,9,16H,7-8H2,1-2H3. The molecule has 0 aliphatic heterocycles. The van der Waals surface area contributed by atoms with Crippen LogP contribution in [-0.2, 0) is 9.84 Å². The molecule has 0 aromatic heterocycles. The van der Waals surface area contributed by atoms with E-state index >= 15 is 0 Å². The van der Waals surface area contributed by atoms with Gasteiger partial charge in [0.15, 0.2) is 0 Å². The number of benzene rings is 1. The first kappa shape index (κ1) is 17.2. The first-order valence-corrected chi connectivity index (χ1v) is 8.63. The molecule has 1 unspecified atom stereocenters. The van der Waals surface area contributed by atoms with E-state index in [2.05, 4.69) is 12.2 Å². The lowest BCUT2D eigenvalue weighted by Gasteiger charge is -2.11. The van der Waals surface area contributed by atoms with Gasteiger partial charge in [0.2, 0.25) is 0 Å². The first-order chi connectivity index (χ1) is 9.18. The minimum atomic E-state index is -5.27. The summed E-state index contributed by atoms with van der Waals surface area (Å²) in [5.41, 5.74) is -4.67. The van der Waals surface area contributed by atoms with Crippen molar-refractivity contribution in [3.05, 3.63) is 24.3 Å². The number of rotatable bonds is 6. The van der Waals surface area contributed by atoms with Gasteiger partial charge in [-0.15, -0.1) is 0 Å². The summed E-state index contributed by atoms with van der Waals surface area (Å²) in [4.78, 5) is -0.743. The largest absolute Gasteiger partial charge is 0.501 e. The van der Waals surface area contributed by atoms with E-state index in [0.29, 0.717) is 17.5 Å². The van der Waals surface area contributed by atoms with Gasteiger partial charge in [0.05, 0.1) is 4.90 Å². The van der Waals surface area contributed by atoms with Crippen LogP contribution in [0.25, 0.3) is 0 Å². The molecule has 1 rings (SSSR count). The van der Waals surface area contributed by atoms with E-state index in [4.69, 9.17) is 0 Å². The fourth-order valence-corrected chi connectivity index (χ4v) is 2.54. The predicted octanol–water partition coefficient (Wildman–Crippen LogP) is 3.53. The van der Waals surface area contributed by atoms with Crippen LogP contribution in [0.15, 0.2) is 29.2 Å². The van der Waals surface area contributed by atoms with Crippen molar-refractivity contribution in [1.82, 2.24) is 0 Å². The molecule has 0 saturated carbocycles. The fraction of sp³-hybridized carbons (Fsp3) is 0.500. The van der Waals surface area contributed by atoms with Gasteiger partial charge in [0, 0.05) is 17.5 Å². The lowest BCUT2D eigenvalue weighted by molar-refractivity contribution is -0.0436. The molecule has 0 heterocycles. The van der Waals surface area contributed by atoms with E-state index < -0.39 is 20.2 Å². The molecule has 0 aliphatic carbocycles. The zero-order valence-corrected chi connectivity index (χ0v) is 12.7. The zero-order chi connectivity index (χ0) is 15.4. The van der Waals surface area contributed by atoms with Crippen molar-refractivity contribution in [2.24, 2.45) is 0 Å². The van der Waals surface area contributed by atoms with E-state index in [0.717, 1.165) is 18.6 Å². The van der Waals surface area contributed by atoms with E-state index in [-0.39, 0.29) is 0 Å². The van der Waals surface area contributed by atoms with Crippen molar-refractivity contribution in [2.75, 3.05) is 18.1 Å². The third kappa shape index (κ3) is 4.31. The number of alkyl halides is 3. The summed E-state index contributed by atoms with van der Waals surface area (Å²) < 4.78 is 59.4.